The zero-order valence-corrected chi connectivity index (χ0v) is 13.8. The molecule has 0 radical (unpaired) electrons. The van der Waals surface area contributed by atoms with Crippen LogP contribution < -0.4 is 20.5 Å². The predicted octanol–water partition coefficient (Wildman–Crippen LogP) is 2.32. The van der Waals surface area contributed by atoms with Crippen molar-refractivity contribution in [3.8, 4) is 11.5 Å². The second-order valence-corrected chi connectivity index (χ2v) is 5.95. The van der Waals surface area contributed by atoms with E-state index in [0.717, 1.165) is 0 Å². The van der Waals surface area contributed by atoms with E-state index in [-0.39, 0.29) is 5.91 Å². The maximum absolute atomic E-state index is 12.1. The van der Waals surface area contributed by atoms with Crippen LogP contribution in [0.1, 0.15) is 31.1 Å². The van der Waals surface area contributed by atoms with Crippen molar-refractivity contribution in [2.45, 2.75) is 26.3 Å². The highest BCUT2D eigenvalue weighted by atomic mass is 79.9. The SMILES string of the molecule is CCOc1c(Br)cc(C(=O)NCC(C)(C)N)cc1OC. The van der Waals surface area contributed by atoms with Crippen LogP contribution in [-0.2, 0) is 0 Å². The van der Waals surface area contributed by atoms with E-state index in [4.69, 9.17) is 15.2 Å². The molecule has 0 bridgehead atoms. The Bertz CT molecular complexity index is 484. The van der Waals surface area contributed by atoms with Crippen molar-refractivity contribution in [3.63, 3.8) is 0 Å². The molecule has 0 aliphatic rings. The molecule has 0 fully saturated rings. The topological polar surface area (TPSA) is 73.6 Å². The van der Waals surface area contributed by atoms with Crippen LogP contribution in [-0.4, -0.2) is 31.7 Å². The minimum absolute atomic E-state index is 0.203. The number of nitrogens with two attached hydrogens (primary N) is 1. The molecule has 6 heteroatoms. The molecule has 0 heterocycles. The largest absolute Gasteiger partial charge is 0.493 e. The molecule has 0 aromatic heterocycles. The molecule has 0 spiro atoms. The van der Waals surface area contributed by atoms with E-state index in [9.17, 15) is 4.79 Å². The molecule has 112 valence electrons. The standard InChI is InChI=1S/C14H21BrN2O3/c1-5-20-12-10(15)6-9(7-11(12)19-4)13(18)17-8-14(2,3)16/h6-7H,5,8,16H2,1-4H3,(H,17,18). The van der Waals surface area contributed by atoms with E-state index in [0.29, 0.717) is 34.7 Å². The first-order chi connectivity index (χ1) is 9.28. The highest BCUT2D eigenvalue weighted by Crippen LogP contribution is 2.36. The molecule has 3 N–H and O–H groups in total. The molecule has 1 amide bonds. The van der Waals surface area contributed by atoms with Crippen molar-refractivity contribution < 1.29 is 14.3 Å². The molecular weight excluding hydrogens is 324 g/mol. The number of carbonyl (C=O) groups excluding carboxylic acids is 1. The molecule has 5 nitrogen and oxygen atoms in total. The number of rotatable bonds is 6. The van der Waals surface area contributed by atoms with E-state index in [1.54, 1.807) is 12.1 Å². The first kappa shape index (κ1) is 16.8. The Morgan fingerprint density at radius 2 is 2.10 bits per heavy atom. The normalized spacial score (nSPS) is 11.1. The summed E-state index contributed by atoms with van der Waals surface area (Å²) in [7, 11) is 1.54. The van der Waals surface area contributed by atoms with Gasteiger partial charge in [-0.15, -0.1) is 0 Å². The van der Waals surface area contributed by atoms with Gasteiger partial charge in [0.15, 0.2) is 11.5 Å². The van der Waals surface area contributed by atoms with Crippen LogP contribution in [0.3, 0.4) is 0 Å². The van der Waals surface area contributed by atoms with Gasteiger partial charge in [-0.1, -0.05) is 0 Å². The Labute approximate surface area is 127 Å². The number of methoxy groups -OCH3 is 1. The summed E-state index contributed by atoms with van der Waals surface area (Å²) in [6, 6.07) is 3.35. The second kappa shape index (κ2) is 6.95. The van der Waals surface area contributed by atoms with Gasteiger partial charge in [0.05, 0.1) is 18.2 Å². The van der Waals surface area contributed by atoms with Crippen LogP contribution in [0.2, 0.25) is 0 Å². The average Bonchev–Trinajstić information content (AvgIpc) is 2.37. The number of halogens is 1. The van der Waals surface area contributed by atoms with E-state index in [1.165, 1.54) is 7.11 Å². The number of ether oxygens (including phenoxy) is 2. The molecule has 1 rings (SSSR count). The summed E-state index contributed by atoms with van der Waals surface area (Å²) in [5, 5.41) is 2.79. The highest BCUT2D eigenvalue weighted by Gasteiger charge is 2.17. The summed E-state index contributed by atoms with van der Waals surface area (Å²) in [5.41, 5.74) is 5.87. The molecule has 1 aromatic carbocycles. The van der Waals surface area contributed by atoms with Crippen LogP contribution in [0.5, 0.6) is 11.5 Å². The molecule has 20 heavy (non-hydrogen) atoms. The zero-order valence-electron chi connectivity index (χ0n) is 12.2. The third-order valence-electron chi connectivity index (χ3n) is 2.48. The Balaban J connectivity index is 2.96. The lowest BCUT2D eigenvalue weighted by molar-refractivity contribution is 0.0945. The third kappa shape index (κ3) is 4.68. The Hall–Kier alpha value is -1.27. The molecule has 1 aromatic rings. The third-order valence-corrected chi connectivity index (χ3v) is 3.07. The van der Waals surface area contributed by atoms with Crippen molar-refractivity contribution in [2.24, 2.45) is 5.73 Å². The maximum Gasteiger partial charge on any atom is 0.251 e. The highest BCUT2D eigenvalue weighted by molar-refractivity contribution is 9.10. The van der Waals surface area contributed by atoms with Crippen molar-refractivity contribution >= 4 is 21.8 Å². The quantitative estimate of drug-likeness (QED) is 0.830. The fraction of sp³-hybridized carbons (Fsp3) is 0.500. The summed E-state index contributed by atoms with van der Waals surface area (Å²) >= 11 is 3.39. The van der Waals surface area contributed by atoms with E-state index in [2.05, 4.69) is 21.2 Å². The summed E-state index contributed by atoms with van der Waals surface area (Å²) < 4.78 is 11.4. The van der Waals surface area contributed by atoms with E-state index >= 15 is 0 Å². The van der Waals surface area contributed by atoms with E-state index < -0.39 is 5.54 Å². The van der Waals surface area contributed by atoms with Crippen LogP contribution in [0.25, 0.3) is 0 Å². The molecule has 0 saturated carbocycles. The summed E-state index contributed by atoms with van der Waals surface area (Å²) in [4.78, 5) is 12.1. The number of carbonyl (C=O) groups is 1. The minimum Gasteiger partial charge on any atom is -0.493 e. The van der Waals surface area contributed by atoms with Gasteiger partial charge in [0.25, 0.3) is 5.91 Å². The average molecular weight is 345 g/mol. The van der Waals surface area contributed by atoms with Gasteiger partial charge < -0.3 is 20.5 Å². The van der Waals surface area contributed by atoms with Crippen molar-refractivity contribution in [1.29, 1.82) is 0 Å². The lowest BCUT2D eigenvalue weighted by Crippen LogP contribution is -2.45. The van der Waals surface area contributed by atoms with Gasteiger partial charge in [-0.25, -0.2) is 0 Å². The molecule has 0 saturated heterocycles. The van der Waals surface area contributed by atoms with Crippen molar-refractivity contribution in [3.05, 3.63) is 22.2 Å². The smallest absolute Gasteiger partial charge is 0.251 e. The number of hydrogen-bond acceptors (Lipinski definition) is 4. The fourth-order valence-corrected chi connectivity index (χ4v) is 2.10. The van der Waals surface area contributed by atoms with Gasteiger partial charge in [-0.3, -0.25) is 4.79 Å². The molecule has 0 unspecified atom stereocenters. The van der Waals surface area contributed by atoms with Gasteiger partial charge in [0, 0.05) is 17.6 Å². The molecule has 0 aliphatic heterocycles. The van der Waals surface area contributed by atoms with Crippen LogP contribution in [0.15, 0.2) is 16.6 Å². The lowest BCUT2D eigenvalue weighted by Gasteiger charge is -2.19. The number of hydrogen-bond donors (Lipinski definition) is 2. The number of benzene rings is 1. The monoisotopic (exact) mass is 344 g/mol. The molecule has 0 atom stereocenters. The molecular formula is C14H21BrN2O3. The Kier molecular flexibility index (Phi) is 5.83. The van der Waals surface area contributed by atoms with Crippen LogP contribution in [0.4, 0.5) is 0 Å². The van der Waals surface area contributed by atoms with Crippen molar-refractivity contribution in [2.75, 3.05) is 20.3 Å². The van der Waals surface area contributed by atoms with Crippen LogP contribution in [0, 0.1) is 0 Å². The maximum atomic E-state index is 12.1. The number of nitrogens with one attached hydrogen (secondary N) is 1. The first-order valence-electron chi connectivity index (χ1n) is 6.36. The minimum atomic E-state index is -0.456. The van der Waals surface area contributed by atoms with Gasteiger partial charge in [0.2, 0.25) is 0 Å². The van der Waals surface area contributed by atoms with E-state index in [1.807, 2.05) is 20.8 Å². The van der Waals surface area contributed by atoms with Gasteiger partial charge >= 0.3 is 0 Å². The summed E-state index contributed by atoms with van der Waals surface area (Å²) in [5.74, 6) is 0.898. The lowest BCUT2D eigenvalue weighted by atomic mass is 10.1. The first-order valence-corrected chi connectivity index (χ1v) is 7.15. The number of amides is 1. The summed E-state index contributed by atoms with van der Waals surface area (Å²) in [6.07, 6.45) is 0. The van der Waals surface area contributed by atoms with Crippen molar-refractivity contribution in [1.82, 2.24) is 5.32 Å². The molecule has 0 aliphatic carbocycles. The Morgan fingerprint density at radius 1 is 1.45 bits per heavy atom. The van der Waals surface area contributed by atoms with Gasteiger partial charge in [-0.2, -0.15) is 0 Å². The summed E-state index contributed by atoms with van der Waals surface area (Å²) in [6.45, 7) is 6.49. The predicted molar refractivity (Wildman–Crippen MR) is 82.5 cm³/mol. The second-order valence-electron chi connectivity index (χ2n) is 5.09. The van der Waals surface area contributed by atoms with Gasteiger partial charge in [-0.05, 0) is 48.8 Å². The zero-order chi connectivity index (χ0) is 15.3. The Morgan fingerprint density at radius 3 is 2.60 bits per heavy atom. The van der Waals surface area contributed by atoms with Gasteiger partial charge in [0.1, 0.15) is 0 Å². The van der Waals surface area contributed by atoms with Crippen LogP contribution >= 0.6 is 15.9 Å². The fourth-order valence-electron chi connectivity index (χ4n) is 1.55.